The Morgan fingerprint density at radius 3 is 2.90 bits per heavy atom. The van der Waals surface area contributed by atoms with E-state index in [9.17, 15) is 13.2 Å². The van der Waals surface area contributed by atoms with E-state index in [-0.39, 0.29) is 16.4 Å². The fourth-order valence-electron chi connectivity index (χ4n) is 2.04. The first-order chi connectivity index (χ1) is 9.53. The van der Waals surface area contributed by atoms with Crippen molar-refractivity contribution in [3.63, 3.8) is 0 Å². The Hall–Kier alpha value is -1.91. The van der Waals surface area contributed by atoms with Crippen LogP contribution in [0.1, 0.15) is 24.8 Å². The van der Waals surface area contributed by atoms with Crippen molar-refractivity contribution in [1.82, 2.24) is 10.0 Å². The van der Waals surface area contributed by atoms with Crippen molar-refractivity contribution in [2.75, 3.05) is 6.54 Å². The summed E-state index contributed by atoms with van der Waals surface area (Å²) in [6.07, 6.45) is 2.10. The molecule has 1 fully saturated rings. The number of nitrogens with one attached hydrogen (secondary N) is 2. The molecule has 106 valence electrons. The molecule has 1 atom stereocenters. The molecule has 1 saturated heterocycles. The average Bonchev–Trinajstić information content (AvgIpc) is 2.64. The minimum absolute atomic E-state index is 0.00593. The lowest BCUT2D eigenvalue weighted by Crippen LogP contribution is -2.45. The SMILES string of the molecule is N#Cc1cccc(S(=O)(=O)NC2CCCCNC2=O)c1. The lowest BCUT2D eigenvalue weighted by Gasteiger charge is -2.15. The minimum Gasteiger partial charge on any atom is -0.355 e. The van der Waals surface area contributed by atoms with Crippen molar-refractivity contribution in [2.24, 2.45) is 0 Å². The van der Waals surface area contributed by atoms with Crippen LogP contribution in [-0.4, -0.2) is 26.9 Å². The number of sulfonamides is 1. The van der Waals surface area contributed by atoms with Crippen LogP contribution in [0.2, 0.25) is 0 Å². The Morgan fingerprint density at radius 2 is 2.15 bits per heavy atom. The fourth-order valence-corrected chi connectivity index (χ4v) is 3.32. The molecule has 1 aromatic rings. The Kier molecular flexibility index (Phi) is 4.37. The average molecular weight is 293 g/mol. The van der Waals surface area contributed by atoms with Gasteiger partial charge >= 0.3 is 0 Å². The van der Waals surface area contributed by atoms with Gasteiger partial charge < -0.3 is 5.32 Å². The number of carbonyl (C=O) groups excluding carboxylic acids is 1. The van der Waals surface area contributed by atoms with Crippen LogP contribution in [-0.2, 0) is 14.8 Å². The van der Waals surface area contributed by atoms with Crippen molar-refractivity contribution < 1.29 is 13.2 Å². The molecule has 6 nitrogen and oxygen atoms in total. The van der Waals surface area contributed by atoms with Gasteiger partial charge in [0.15, 0.2) is 0 Å². The van der Waals surface area contributed by atoms with Crippen LogP contribution in [0, 0.1) is 11.3 Å². The number of hydrogen-bond acceptors (Lipinski definition) is 4. The Labute approximate surface area is 117 Å². The van der Waals surface area contributed by atoms with E-state index in [0.717, 1.165) is 12.8 Å². The highest BCUT2D eigenvalue weighted by molar-refractivity contribution is 7.89. The van der Waals surface area contributed by atoms with Crippen molar-refractivity contribution in [3.05, 3.63) is 29.8 Å². The molecule has 0 spiro atoms. The third-order valence-corrected chi connectivity index (χ3v) is 4.58. The summed E-state index contributed by atoms with van der Waals surface area (Å²) >= 11 is 0. The maximum Gasteiger partial charge on any atom is 0.241 e. The van der Waals surface area contributed by atoms with Gasteiger partial charge in [0.25, 0.3) is 0 Å². The lowest BCUT2D eigenvalue weighted by molar-refractivity contribution is -0.122. The van der Waals surface area contributed by atoms with Gasteiger partial charge in [-0.2, -0.15) is 9.98 Å². The van der Waals surface area contributed by atoms with Crippen LogP contribution >= 0.6 is 0 Å². The molecule has 0 aromatic heterocycles. The maximum absolute atomic E-state index is 12.2. The molecule has 1 heterocycles. The number of carbonyl (C=O) groups is 1. The number of rotatable bonds is 3. The number of benzene rings is 1. The van der Waals surface area contributed by atoms with Gasteiger partial charge in [-0.05, 0) is 37.5 Å². The molecule has 2 N–H and O–H groups in total. The Balaban J connectivity index is 2.22. The normalized spacial score (nSPS) is 19.8. The summed E-state index contributed by atoms with van der Waals surface area (Å²) in [6, 6.07) is 6.85. The van der Waals surface area contributed by atoms with Gasteiger partial charge in [0, 0.05) is 6.54 Å². The quantitative estimate of drug-likeness (QED) is 0.848. The van der Waals surface area contributed by atoms with Crippen LogP contribution < -0.4 is 10.0 Å². The van der Waals surface area contributed by atoms with Crippen LogP contribution in [0.3, 0.4) is 0 Å². The summed E-state index contributed by atoms with van der Waals surface area (Å²) in [5.74, 6) is -0.303. The number of amides is 1. The second-order valence-electron chi connectivity index (χ2n) is 4.60. The van der Waals surface area contributed by atoms with E-state index in [1.54, 1.807) is 0 Å². The van der Waals surface area contributed by atoms with Gasteiger partial charge in [-0.3, -0.25) is 4.79 Å². The smallest absolute Gasteiger partial charge is 0.241 e. The zero-order valence-electron chi connectivity index (χ0n) is 10.8. The molecule has 7 heteroatoms. The molecule has 1 aliphatic heterocycles. The monoisotopic (exact) mass is 293 g/mol. The standard InChI is InChI=1S/C13H15N3O3S/c14-9-10-4-3-5-11(8-10)20(18,19)16-12-6-1-2-7-15-13(12)17/h3-5,8,12,16H,1-2,6-7H2,(H,15,17). The highest BCUT2D eigenvalue weighted by atomic mass is 32.2. The maximum atomic E-state index is 12.2. The number of hydrogen-bond donors (Lipinski definition) is 2. The summed E-state index contributed by atoms with van der Waals surface area (Å²) in [5.41, 5.74) is 0.262. The summed E-state index contributed by atoms with van der Waals surface area (Å²) in [6.45, 7) is 0.570. The predicted molar refractivity (Wildman–Crippen MR) is 72.1 cm³/mol. The zero-order valence-corrected chi connectivity index (χ0v) is 11.6. The molecule has 0 saturated carbocycles. The molecule has 1 aliphatic rings. The van der Waals surface area contributed by atoms with Crippen LogP contribution in [0.25, 0.3) is 0 Å². The van der Waals surface area contributed by atoms with Gasteiger partial charge in [-0.15, -0.1) is 0 Å². The number of nitriles is 1. The van der Waals surface area contributed by atoms with Gasteiger partial charge in [0.1, 0.15) is 6.04 Å². The van der Waals surface area contributed by atoms with E-state index in [0.29, 0.717) is 13.0 Å². The molecule has 0 aliphatic carbocycles. The molecule has 20 heavy (non-hydrogen) atoms. The Bertz CT molecular complexity index is 649. The first-order valence-corrected chi connectivity index (χ1v) is 7.81. The predicted octanol–water partition coefficient (Wildman–Crippen LogP) is 0.505. The van der Waals surface area contributed by atoms with Gasteiger partial charge in [0.05, 0.1) is 16.5 Å². The van der Waals surface area contributed by atoms with E-state index in [1.807, 2.05) is 6.07 Å². The van der Waals surface area contributed by atoms with Crippen molar-refractivity contribution >= 4 is 15.9 Å². The molecule has 0 bridgehead atoms. The first-order valence-electron chi connectivity index (χ1n) is 6.33. The molecular weight excluding hydrogens is 278 g/mol. The molecule has 1 aromatic carbocycles. The first kappa shape index (κ1) is 14.5. The molecule has 1 unspecified atom stereocenters. The van der Waals surface area contributed by atoms with Crippen molar-refractivity contribution in [2.45, 2.75) is 30.2 Å². The van der Waals surface area contributed by atoms with Gasteiger partial charge in [0.2, 0.25) is 15.9 Å². The van der Waals surface area contributed by atoms with E-state index in [2.05, 4.69) is 10.0 Å². The third kappa shape index (κ3) is 3.35. The molecule has 1 amide bonds. The number of nitrogens with zero attached hydrogens (tertiary/aromatic N) is 1. The summed E-state index contributed by atoms with van der Waals surface area (Å²) in [4.78, 5) is 11.8. The second-order valence-corrected chi connectivity index (χ2v) is 6.31. The molecule has 2 rings (SSSR count). The van der Waals surface area contributed by atoms with E-state index < -0.39 is 16.1 Å². The highest BCUT2D eigenvalue weighted by Crippen LogP contribution is 2.14. The molecular formula is C13H15N3O3S. The Morgan fingerprint density at radius 1 is 1.35 bits per heavy atom. The van der Waals surface area contributed by atoms with E-state index >= 15 is 0 Å². The van der Waals surface area contributed by atoms with Gasteiger partial charge in [-0.1, -0.05) is 6.07 Å². The minimum atomic E-state index is -3.80. The largest absolute Gasteiger partial charge is 0.355 e. The summed E-state index contributed by atoms with van der Waals surface area (Å²) < 4.78 is 26.9. The highest BCUT2D eigenvalue weighted by Gasteiger charge is 2.26. The van der Waals surface area contributed by atoms with E-state index in [4.69, 9.17) is 5.26 Å². The summed E-state index contributed by atoms with van der Waals surface area (Å²) in [7, 11) is -3.80. The van der Waals surface area contributed by atoms with Gasteiger partial charge in [-0.25, -0.2) is 8.42 Å². The van der Waals surface area contributed by atoms with Crippen molar-refractivity contribution in [1.29, 1.82) is 5.26 Å². The van der Waals surface area contributed by atoms with Crippen LogP contribution in [0.15, 0.2) is 29.2 Å². The fraction of sp³-hybridized carbons (Fsp3) is 0.385. The van der Waals surface area contributed by atoms with Crippen LogP contribution in [0.5, 0.6) is 0 Å². The van der Waals surface area contributed by atoms with Crippen molar-refractivity contribution in [3.8, 4) is 6.07 Å². The van der Waals surface area contributed by atoms with Crippen LogP contribution in [0.4, 0.5) is 0 Å². The third-order valence-electron chi connectivity index (χ3n) is 3.11. The topological polar surface area (TPSA) is 99.1 Å². The zero-order chi connectivity index (χ0) is 14.6. The summed E-state index contributed by atoms with van der Waals surface area (Å²) in [5, 5.41) is 11.5. The second kappa shape index (κ2) is 6.03. The lowest BCUT2D eigenvalue weighted by atomic mass is 10.1. The van der Waals surface area contributed by atoms with E-state index in [1.165, 1.54) is 24.3 Å². The molecule has 0 radical (unpaired) electrons.